The van der Waals surface area contributed by atoms with E-state index in [2.05, 4.69) is 0 Å². The molecule has 0 aromatic rings. The molecule has 0 aromatic heterocycles. The van der Waals surface area contributed by atoms with E-state index in [9.17, 15) is 0 Å². The van der Waals surface area contributed by atoms with Crippen molar-refractivity contribution in [1.29, 1.82) is 0 Å². The Morgan fingerprint density at radius 1 is 0.500 bits per heavy atom. The van der Waals surface area contributed by atoms with Gasteiger partial charge in [-0.3, -0.25) is 0 Å². The molecule has 0 atom stereocenters. The van der Waals surface area contributed by atoms with E-state index < -0.39 is 0 Å². The number of hydrogen-bond acceptors (Lipinski definition) is 0. The van der Waals surface area contributed by atoms with Crippen molar-refractivity contribution in [2.75, 3.05) is 0 Å². The Bertz CT molecular complexity index is 3.25. The predicted octanol–water partition coefficient (Wildman–Crippen LogP) is -9.37. The van der Waals surface area contributed by atoms with Crippen LogP contribution in [0, 0.1) is 0 Å². The van der Waals surface area contributed by atoms with Gasteiger partial charge < -0.3 is 8.41 Å². The maximum atomic E-state index is 0. The molecule has 0 amide bonds. The van der Waals surface area contributed by atoms with Gasteiger partial charge in [-0.05, 0) is 0 Å². The third-order valence-electron chi connectivity index (χ3n) is 0. The van der Waals surface area contributed by atoms with Gasteiger partial charge in [-0.2, -0.15) is 0 Å². The summed E-state index contributed by atoms with van der Waals surface area (Å²) in [5.74, 6) is 0. The van der Waals surface area contributed by atoms with Crippen LogP contribution in [0.4, 0.5) is 0 Å². The van der Waals surface area contributed by atoms with Crippen molar-refractivity contribution < 1.29 is 154 Å². The normalized spacial score (nSPS) is 0. The third kappa shape index (κ3) is 10.1. The SMILES string of the molecule is [B-].[K+].[K+].[K+]. The molecule has 4 radical (unpaired) electrons. The van der Waals surface area contributed by atoms with Crippen molar-refractivity contribution in [2.45, 2.75) is 0 Å². The molecule has 0 saturated carbocycles. The summed E-state index contributed by atoms with van der Waals surface area (Å²) in [5, 5.41) is 0. The molecule has 0 unspecified atom stereocenters. The van der Waals surface area contributed by atoms with Gasteiger partial charge in [-0.25, -0.2) is 0 Å². The largest absolute Gasteiger partial charge is 1.00 e. The Morgan fingerprint density at radius 3 is 0.500 bits per heavy atom. The fraction of sp³-hybridized carbons (Fsp3) is 0. The average Bonchev–Trinajstić information content (AvgIpc) is 0. The molecule has 4 valence electrons. The molecule has 0 aliphatic heterocycles. The monoisotopic (exact) mass is 128 g/mol. The van der Waals surface area contributed by atoms with Crippen molar-refractivity contribution >= 4 is 8.41 Å². The topological polar surface area (TPSA) is 0 Å². The molecular weight excluding hydrogens is 128 g/mol. The summed E-state index contributed by atoms with van der Waals surface area (Å²) in [6.45, 7) is 0. The second-order valence-corrected chi connectivity index (χ2v) is 0. The maximum Gasteiger partial charge on any atom is 1.00 e. The summed E-state index contributed by atoms with van der Waals surface area (Å²) < 4.78 is 0. The van der Waals surface area contributed by atoms with E-state index >= 15 is 0 Å². The molecule has 0 heterocycles. The molecular formula is BK3+2. The Morgan fingerprint density at radius 2 is 0.500 bits per heavy atom. The fourth-order valence-corrected chi connectivity index (χ4v) is 0. The van der Waals surface area contributed by atoms with E-state index in [-0.39, 0.29) is 163 Å². The van der Waals surface area contributed by atoms with Crippen molar-refractivity contribution in [2.24, 2.45) is 0 Å². The van der Waals surface area contributed by atoms with Gasteiger partial charge in [0.1, 0.15) is 0 Å². The molecule has 0 saturated heterocycles. The molecule has 4 heteroatoms. The van der Waals surface area contributed by atoms with Gasteiger partial charge in [0.05, 0.1) is 0 Å². The van der Waals surface area contributed by atoms with Crippen LogP contribution in [-0.4, -0.2) is 8.41 Å². The molecule has 0 bridgehead atoms. The average molecular weight is 128 g/mol. The minimum Gasteiger partial charge on any atom is -1.00 e. The zero-order chi connectivity index (χ0) is 0. The second kappa shape index (κ2) is 15.7. The first-order valence-electron chi connectivity index (χ1n) is 0. The van der Waals surface area contributed by atoms with E-state index in [1.807, 2.05) is 0 Å². The zero-order valence-corrected chi connectivity index (χ0v) is 12.9. The molecule has 0 aliphatic rings. The van der Waals surface area contributed by atoms with Gasteiger partial charge in [-0.15, -0.1) is 0 Å². The van der Waals surface area contributed by atoms with Crippen LogP contribution in [0.3, 0.4) is 0 Å². The minimum atomic E-state index is 0. The Kier molecular flexibility index (Phi) is 90.4. The standard InChI is InChI=1S/B.3K/q-1;3*+1. The van der Waals surface area contributed by atoms with E-state index in [1.54, 1.807) is 0 Å². The van der Waals surface area contributed by atoms with Crippen LogP contribution in [0.15, 0.2) is 0 Å². The predicted molar refractivity (Wildman–Crippen MR) is 5.75 cm³/mol. The van der Waals surface area contributed by atoms with Crippen LogP contribution in [0.1, 0.15) is 0 Å². The van der Waals surface area contributed by atoms with E-state index in [0.717, 1.165) is 0 Å². The summed E-state index contributed by atoms with van der Waals surface area (Å²) in [6.07, 6.45) is 0. The fourth-order valence-electron chi connectivity index (χ4n) is 0. The van der Waals surface area contributed by atoms with Crippen LogP contribution >= 0.6 is 0 Å². The number of rotatable bonds is 0. The Hall–Kier alpha value is 4.97. The molecule has 0 nitrogen and oxygen atoms in total. The van der Waals surface area contributed by atoms with Gasteiger partial charge in [0, 0.05) is 0 Å². The summed E-state index contributed by atoms with van der Waals surface area (Å²) in [5.41, 5.74) is 0. The summed E-state index contributed by atoms with van der Waals surface area (Å²) in [6, 6.07) is 0. The molecule has 0 aromatic carbocycles. The van der Waals surface area contributed by atoms with Gasteiger partial charge in [0.2, 0.25) is 0 Å². The second-order valence-electron chi connectivity index (χ2n) is 0. The smallest absolute Gasteiger partial charge is 1.00 e. The van der Waals surface area contributed by atoms with E-state index in [4.69, 9.17) is 0 Å². The molecule has 0 spiro atoms. The molecule has 0 fully saturated rings. The Labute approximate surface area is 156 Å². The molecule has 0 rings (SSSR count). The van der Waals surface area contributed by atoms with E-state index in [1.165, 1.54) is 0 Å². The van der Waals surface area contributed by atoms with Gasteiger partial charge in [0.15, 0.2) is 0 Å². The van der Waals surface area contributed by atoms with E-state index in [0.29, 0.717) is 0 Å². The van der Waals surface area contributed by atoms with Crippen LogP contribution in [0.2, 0.25) is 0 Å². The molecule has 4 heavy (non-hydrogen) atoms. The van der Waals surface area contributed by atoms with Gasteiger partial charge in [-0.1, -0.05) is 0 Å². The van der Waals surface area contributed by atoms with Gasteiger partial charge >= 0.3 is 154 Å². The van der Waals surface area contributed by atoms with Crippen molar-refractivity contribution in [3.63, 3.8) is 0 Å². The quantitative estimate of drug-likeness (QED) is 0.284. The first-order valence-corrected chi connectivity index (χ1v) is 0. The van der Waals surface area contributed by atoms with Crippen molar-refractivity contribution in [3.8, 4) is 0 Å². The van der Waals surface area contributed by atoms with Crippen LogP contribution in [0.5, 0.6) is 0 Å². The van der Waals surface area contributed by atoms with Crippen molar-refractivity contribution in [3.05, 3.63) is 0 Å². The van der Waals surface area contributed by atoms with Crippen molar-refractivity contribution in [1.82, 2.24) is 0 Å². The number of hydrogen-bond donors (Lipinski definition) is 0. The molecule has 0 aliphatic carbocycles. The first-order chi connectivity index (χ1) is 0. The maximum absolute atomic E-state index is 0. The zero-order valence-electron chi connectivity index (χ0n) is 3.58. The summed E-state index contributed by atoms with van der Waals surface area (Å²) >= 11 is 0. The Balaban J connectivity index is 0. The van der Waals surface area contributed by atoms with Gasteiger partial charge in [0.25, 0.3) is 0 Å². The van der Waals surface area contributed by atoms with Crippen LogP contribution in [-0.2, 0) is 0 Å². The summed E-state index contributed by atoms with van der Waals surface area (Å²) in [7, 11) is 0. The third-order valence-corrected chi connectivity index (χ3v) is 0. The summed E-state index contributed by atoms with van der Waals surface area (Å²) in [4.78, 5) is 0. The van der Waals surface area contributed by atoms with Crippen LogP contribution in [0.25, 0.3) is 0 Å². The molecule has 0 N–H and O–H groups in total. The minimum absolute atomic E-state index is 0. The first kappa shape index (κ1) is 23.1. The van der Waals surface area contributed by atoms with Crippen LogP contribution < -0.4 is 154 Å².